The van der Waals surface area contributed by atoms with Crippen LogP contribution >= 0.6 is 0 Å². The lowest BCUT2D eigenvalue weighted by Crippen LogP contribution is -2.48. The molecule has 5 rings (SSSR count). The van der Waals surface area contributed by atoms with Crippen molar-refractivity contribution in [3.8, 4) is 11.1 Å². The van der Waals surface area contributed by atoms with E-state index >= 15 is 0 Å². The molecule has 0 radical (unpaired) electrons. The van der Waals surface area contributed by atoms with E-state index < -0.39 is 17.6 Å². The van der Waals surface area contributed by atoms with Gasteiger partial charge in [0.1, 0.15) is 12.1 Å². The van der Waals surface area contributed by atoms with Crippen molar-refractivity contribution >= 4 is 18.0 Å². The van der Waals surface area contributed by atoms with Gasteiger partial charge in [-0.2, -0.15) is 0 Å². The van der Waals surface area contributed by atoms with Gasteiger partial charge in [0, 0.05) is 18.4 Å². The summed E-state index contributed by atoms with van der Waals surface area (Å²) >= 11 is 0. The van der Waals surface area contributed by atoms with Crippen molar-refractivity contribution < 1.29 is 24.2 Å². The Kier molecular flexibility index (Phi) is 5.12. The van der Waals surface area contributed by atoms with Gasteiger partial charge in [0.25, 0.3) is 0 Å². The molecule has 7 heteroatoms. The summed E-state index contributed by atoms with van der Waals surface area (Å²) in [5, 5.41) is 14.7. The highest BCUT2D eigenvalue weighted by molar-refractivity contribution is 5.89. The van der Waals surface area contributed by atoms with Crippen LogP contribution in [0.4, 0.5) is 4.79 Å². The molecule has 0 bridgehead atoms. The standard InChI is InChI=1S/C25H26N2O5/c28-22(27-25(9-10-25)23(29)30)13-15-11-16(12-15)26-24(31)32-14-21-19-7-3-1-5-17(19)18-6-2-4-8-20(18)21/h1-8,15-16,21H,9-14H2,(H,26,31)(H,27,28)(H,29,30). The third kappa shape index (κ3) is 3.83. The third-order valence-electron chi connectivity index (χ3n) is 6.91. The summed E-state index contributed by atoms with van der Waals surface area (Å²) in [6.07, 6.45) is 2.21. The minimum Gasteiger partial charge on any atom is -0.480 e. The summed E-state index contributed by atoms with van der Waals surface area (Å²) in [4.78, 5) is 35.6. The van der Waals surface area contributed by atoms with Gasteiger partial charge in [0.2, 0.25) is 5.91 Å². The Morgan fingerprint density at radius 1 is 0.969 bits per heavy atom. The molecule has 2 amide bonds. The first kappa shape index (κ1) is 20.5. The molecule has 0 aromatic heterocycles. The Hall–Kier alpha value is -3.35. The van der Waals surface area contributed by atoms with E-state index in [0.717, 1.165) is 0 Å². The average molecular weight is 434 g/mol. The number of amides is 2. The van der Waals surface area contributed by atoms with Crippen LogP contribution in [0.25, 0.3) is 11.1 Å². The van der Waals surface area contributed by atoms with Gasteiger partial charge < -0.3 is 20.5 Å². The van der Waals surface area contributed by atoms with Crippen molar-refractivity contribution in [2.75, 3.05) is 6.61 Å². The first-order valence-electron chi connectivity index (χ1n) is 11.1. The van der Waals surface area contributed by atoms with Crippen LogP contribution in [0.1, 0.15) is 49.1 Å². The molecule has 166 valence electrons. The number of benzene rings is 2. The SMILES string of the molecule is O=C(CC1CC(NC(=O)OCC2c3ccccc3-c3ccccc32)C1)NC1(C(=O)O)CC1. The van der Waals surface area contributed by atoms with Gasteiger partial charge in [0.15, 0.2) is 0 Å². The minimum atomic E-state index is -1.04. The fraction of sp³-hybridized carbons (Fsp3) is 0.400. The second kappa shape index (κ2) is 7.97. The summed E-state index contributed by atoms with van der Waals surface area (Å²) in [7, 11) is 0. The molecule has 0 unspecified atom stereocenters. The van der Waals surface area contributed by atoms with Crippen molar-refractivity contribution in [3.05, 3.63) is 59.7 Å². The van der Waals surface area contributed by atoms with Crippen molar-refractivity contribution in [1.29, 1.82) is 0 Å². The Labute approximate surface area is 186 Å². The topological polar surface area (TPSA) is 105 Å². The van der Waals surface area contributed by atoms with Gasteiger partial charge in [-0.15, -0.1) is 0 Å². The highest BCUT2D eigenvalue weighted by Gasteiger charge is 2.51. The Bertz CT molecular complexity index is 1030. The largest absolute Gasteiger partial charge is 0.480 e. The van der Waals surface area contributed by atoms with E-state index in [4.69, 9.17) is 9.84 Å². The zero-order valence-electron chi connectivity index (χ0n) is 17.7. The lowest BCUT2D eigenvalue weighted by atomic mass is 9.78. The molecule has 2 saturated carbocycles. The average Bonchev–Trinajstić information content (AvgIpc) is 3.47. The molecule has 32 heavy (non-hydrogen) atoms. The lowest BCUT2D eigenvalue weighted by molar-refractivity contribution is -0.143. The van der Waals surface area contributed by atoms with Crippen LogP contribution in [-0.4, -0.2) is 41.3 Å². The molecule has 0 spiro atoms. The van der Waals surface area contributed by atoms with Gasteiger partial charge in [-0.1, -0.05) is 48.5 Å². The number of rotatable bonds is 7. The molecule has 3 aliphatic carbocycles. The van der Waals surface area contributed by atoms with Crippen LogP contribution in [0.3, 0.4) is 0 Å². The third-order valence-corrected chi connectivity index (χ3v) is 6.91. The molecule has 2 aromatic carbocycles. The number of aliphatic carboxylic acids is 1. The highest BCUT2D eigenvalue weighted by atomic mass is 16.5. The van der Waals surface area contributed by atoms with Crippen LogP contribution in [0.2, 0.25) is 0 Å². The van der Waals surface area contributed by atoms with Crippen LogP contribution < -0.4 is 10.6 Å². The van der Waals surface area contributed by atoms with Gasteiger partial charge >= 0.3 is 12.1 Å². The van der Waals surface area contributed by atoms with E-state index in [1.54, 1.807) is 0 Å². The van der Waals surface area contributed by atoms with Crippen molar-refractivity contribution in [2.24, 2.45) is 5.92 Å². The first-order valence-corrected chi connectivity index (χ1v) is 11.1. The molecule has 0 saturated heterocycles. The second-order valence-corrected chi connectivity index (χ2v) is 9.14. The van der Waals surface area contributed by atoms with Gasteiger partial charge in [0.05, 0.1) is 0 Å². The van der Waals surface area contributed by atoms with Crippen molar-refractivity contribution in [2.45, 2.75) is 49.6 Å². The summed E-state index contributed by atoms with van der Waals surface area (Å²) < 4.78 is 5.57. The molecule has 3 N–H and O–H groups in total. The molecule has 7 nitrogen and oxygen atoms in total. The molecule has 3 aliphatic rings. The Morgan fingerprint density at radius 3 is 2.12 bits per heavy atom. The maximum absolute atomic E-state index is 12.3. The predicted molar refractivity (Wildman–Crippen MR) is 117 cm³/mol. The summed E-state index contributed by atoms with van der Waals surface area (Å²) in [5.41, 5.74) is 3.68. The maximum Gasteiger partial charge on any atom is 0.407 e. The van der Waals surface area contributed by atoms with Crippen molar-refractivity contribution in [1.82, 2.24) is 10.6 Å². The summed E-state index contributed by atoms with van der Waals surface area (Å²) in [5.74, 6) is -1.02. The minimum absolute atomic E-state index is 0.0159. The number of carbonyl (C=O) groups is 3. The fourth-order valence-electron chi connectivity index (χ4n) is 4.92. The molecule has 2 aromatic rings. The highest BCUT2D eigenvalue weighted by Crippen LogP contribution is 2.44. The van der Waals surface area contributed by atoms with Gasteiger partial charge in [-0.25, -0.2) is 9.59 Å². The summed E-state index contributed by atoms with van der Waals surface area (Å²) in [6.45, 7) is 0.273. The van der Waals surface area contributed by atoms with Crippen LogP contribution in [0.15, 0.2) is 48.5 Å². The van der Waals surface area contributed by atoms with Crippen LogP contribution in [0.5, 0.6) is 0 Å². The number of hydrogen-bond acceptors (Lipinski definition) is 4. The normalized spacial score (nSPS) is 22.1. The lowest BCUT2D eigenvalue weighted by Gasteiger charge is -2.35. The number of fused-ring (bicyclic) bond motifs is 3. The molecular formula is C25H26N2O5. The summed E-state index contributed by atoms with van der Waals surface area (Å²) in [6, 6.07) is 16.4. The van der Waals surface area contributed by atoms with E-state index in [-0.39, 0.29) is 36.8 Å². The van der Waals surface area contributed by atoms with Crippen LogP contribution in [0, 0.1) is 5.92 Å². The Morgan fingerprint density at radius 2 is 1.56 bits per heavy atom. The monoisotopic (exact) mass is 434 g/mol. The number of alkyl carbamates (subject to hydrolysis) is 1. The molecule has 0 atom stereocenters. The second-order valence-electron chi connectivity index (χ2n) is 9.14. The van der Waals surface area contributed by atoms with E-state index in [2.05, 4.69) is 34.9 Å². The molecule has 0 aliphatic heterocycles. The fourth-order valence-corrected chi connectivity index (χ4v) is 4.92. The zero-order chi connectivity index (χ0) is 22.3. The number of ether oxygens (including phenoxy) is 1. The van der Waals surface area contributed by atoms with Crippen molar-refractivity contribution in [3.63, 3.8) is 0 Å². The quantitative estimate of drug-likeness (QED) is 0.619. The predicted octanol–water partition coefficient (Wildman–Crippen LogP) is 3.43. The van der Waals surface area contributed by atoms with E-state index in [0.29, 0.717) is 25.7 Å². The number of hydrogen-bond donors (Lipinski definition) is 3. The van der Waals surface area contributed by atoms with Crippen LogP contribution in [-0.2, 0) is 14.3 Å². The first-order chi connectivity index (χ1) is 15.4. The Balaban J connectivity index is 1.08. The van der Waals surface area contributed by atoms with E-state index in [1.807, 2.05) is 24.3 Å². The number of carbonyl (C=O) groups excluding carboxylic acids is 2. The van der Waals surface area contributed by atoms with E-state index in [9.17, 15) is 14.4 Å². The van der Waals surface area contributed by atoms with E-state index in [1.165, 1.54) is 22.3 Å². The smallest absolute Gasteiger partial charge is 0.407 e. The van der Waals surface area contributed by atoms with Gasteiger partial charge in [-0.05, 0) is 53.9 Å². The maximum atomic E-state index is 12.3. The zero-order valence-corrected chi connectivity index (χ0v) is 17.7. The number of carboxylic acids is 1. The number of nitrogens with one attached hydrogen (secondary N) is 2. The molecular weight excluding hydrogens is 408 g/mol. The van der Waals surface area contributed by atoms with Gasteiger partial charge in [-0.3, -0.25) is 4.79 Å². The molecule has 2 fully saturated rings. The molecule has 0 heterocycles. The number of carboxylic acid groups (broad SMARTS) is 1.